The van der Waals surface area contributed by atoms with Crippen LogP contribution in [0.1, 0.15) is 10.4 Å². The molecule has 4 heteroatoms. The predicted molar refractivity (Wildman–Crippen MR) is 73.1 cm³/mol. The zero-order valence-corrected chi connectivity index (χ0v) is 10.9. The molecule has 0 unspecified atom stereocenters. The molecule has 0 radical (unpaired) electrons. The van der Waals surface area contributed by atoms with Gasteiger partial charge in [0.2, 0.25) is 0 Å². The molecule has 3 rings (SSSR count). The predicted octanol–water partition coefficient (Wildman–Crippen LogP) is 3.53. The standard InChI is InChI=1S/C14H11NO2S/c1-8-3-4-10-6-11(13-15-7-9(2)18-13)14(16)17-12(10)5-8/h3-7H,1-2H3. The summed E-state index contributed by atoms with van der Waals surface area (Å²) in [7, 11) is 0. The number of hydrogen-bond donors (Lipinski definition) is 0. The van der Waals surface area contributed by atoms with E-state index in [1.165, 1.54) is 11.3 Å². The van der Waals surface area contributed by atoms with Crippen LogP contribution in [0.25, 0.3) is 21.5 Å². The molecule has 0 amide bonds. The van der Waals surface area contributed by atoms with Crippen LogP contribution >= 0.6 is 11.3 Å². The number of fused-ring (bicyclic) bond motifs is 1. The van der Waals surface area contributed by atoms with Gasteiger partial charge in [0.1, 0.15) is 10.6 Å². The van der Waals surface area contributed by atoms with Crippen molar-refractivity contribution in [1.29, 1.82) is 0 Å². The van der Waals surface area contributed by atoms with E-state index in [0.717, 1.165) is 15.8 Å². The summed E-state index contributed by atoms with van der Waals surface area (Å²) in [6.45, 7) is 3.94. The topological polar surface area (TPSA) is 43.1 Å². The first-order valence-electron chi connectivity index (χ1n) is 5.61. The summed E-state index contributed by atoms with van der Waals surface area (Å²) < 4.78 is 5.35. The normalized spacial score (nSPS) is 11.0. The molecule has 0 spiro atoms. The van der Waals surface area contributed by atoms with Gasteiger partial charge in [0.05, 0.1) is 5.56 Å². The Morgan fingerprint density at radius 1 is 1.22 bits per heavy atom. The fourth-order valence-corrected chi connectivity index (χ4v) is 2.61. The molecule has 0 saturated carbocycles. The molecule has 3 aromatic rings. The number of rotatable bonds is 1. The van der Waals surface area contributed by atoms with Crippen LogP contribution in [0.2, 0.25) is 0 Å². The highest BCUT2D eigenvalue weighted by molar-refractivity contribution is 7.14. The Morgan fingerprint density at radius 3 is 2.78 bits per heavy atom. The van der Waals surface area contributed by atoms with Gasteiger partial charge in [-0.15, -0.1) is 11.3 Å². The van der Waals surface area contributed by atoms with Crippen LogP contribution in [0.4, 0.5) is 0 Å². The van der Waals surface area contributed by atoms with Gasteiger partial charge in [-0.2, -0.15) is 0 Å². The Morgan fingerprint density at radius 2 is 2.06 bits per heavy atom. The highest BCUT2D eigenvalue weighted by Crippen LogP contribution is 2.25. The van der Waals surface area contributed by atoms with Gasteiger partial charge in [-0.1, -0.05) is 12.1 Å². The van der Waals surface area contributed by atoms with E-state index in [-0.39, 0.29) is 5.63 Å². The molecule has 0 saturated heterocycles. The molecule has 0 aliphatic carbocycles. The van der Waals surface area contributed by atoms with E-state index in [2.05, 4.69) is 4.98 Å². The van der Waals surface area contributed by atoms with Crippen LogP contribution in [0, 0.1) is 13.8 Å². The van der Waals surface area contributed by atoms with Gasteiger partial charge in [0.15, 0.2) is 0 Å². The Bertz CT molecular complexity index is 786. The van der Waals surface area contributed by atoms with Crippen molar-refractivity contribution in [3.05, 3.63) is 51.3 Å². The summed E-state index contributed by atoms with van der Waals surface area (Å²) in [6, 6.07) is 7.67. The average molecular weight is 257 g/mol. The van der Waals surface area contributed by atoms with Crippen LogP contribution in [-0.2, 0) is 0 Å². The maximum absolute atomic E-state index is 12.0. The van der Waals surface area contributed by atoms with Crippen molar-refractivity contribution in [2.24, 2.45) is 0 Å². The van der Waals surface area contributed by atoms with Crippen molar-refractivity contribution in [2.75, 3.05) is 0 Å². The Balaban J connectivity index is 2.28. The Kier molecular flexibility index (Phi) is 2.52. The molecule has 3 nitrogen and oxygen atoms in total. The summed E-state index contributed by atoms with van der Waals surface area (Å²) in [6.07, 6.45) is 1.76. The second-order valence-electron chi connectivity index (χ2n) is 4.26. The van der Waals surface area contributed by atoms with Gasteiger partial charge >= 0.3 is 5.63 Å². The minimum atomic E-state index is -0.331. The summed E-state index contributed by atoms with van der Waals surface area (Å²) in [4.78, 5) is 17.3. The van der Waals surface area contributed by atoms with Crippen LogP contribution in [0.15, 0.2) is 39.7 Å². The quantitative estimate of drug-likeness (QED) is 0.626. The smallest absolute Gasteiger partial charge is 0.346 e. The number of aryl methyl sites for hydroxylation is 2. The third-order valence-electron chi connectivity index (χ3n) is 2.74. The SMILES string of the molecule is Cc1ccc2cc(-c3ncc(C)s3)c(=O)oc2c1. The first-order chi connectivity index (χ1) is 8.63. The molecule has 2 aromatic heterocycles. The zero-order valence-electron chi connectivity index (χ0n) is 10.1. The average Bonchev–Trinajstić information content (AvgIpc) is 2.74. The van der Waals surface area contributed by atoms with Gasteiger partial charge in [-0.05, 0) is 31.5 Å². The van der Waals surface area contributed by atoms with Gasteiger partial charge < -0.3 is 4.42 Å². The van der Waals surface area contributed by atoms with Crippen molar-refractivity contribution >= 4 is 22.3 Å². The molecule has 0 atom stereocenters. The largest absolute Gasteiger partial charge is 0.422 e. The third kappa shape index (κ3) is 1.84. The van der Waals surface area contributed by atoms with E-state index in [4.69, 9.17) is 4.42 Å². The molecular formula is C14H11NO2S. The van der Waals surface area contributed by atoms with E-state index in [0.29, 0.717) is 16.2 Å². The molecule has 90 valence electrons. The molecule has 0 aliphatic heterocycles. The van der Waals surface area contributed by atoms with Crippen molar-refractivity contribution in [3.8, 4) is 10.6 Å². The van der Waals surface area contributed by atoms with E-state index in [1.807, 2.05) is 38.1 Å². The summed E-state index contributed by atoms with van der Waals surface area (Å²) >= 11 is 1.50. The van der Waals surface area contributed by atoms with Crippen molar-refractivity contribution < 1.29 is 4.42 Å². The first-order valence-corrected chi connectivity index (χ1v) is 6.42. The first kappa shape index (κ1) is 11.2. The fraction of sp³-hybridized carbons (Fsp3) is 0.143. The molecule has 18 heavy (non-hydrogen) atoms. The maximum atomic E-state index is 12.0. The number of nitrogens with zero attached hydrogens (tertiary/aromatic N) is 1. The van der Waals surface area contributed by atoms with Gasteiger partial charge in [-0.25, -0.2) is 9.78 Å². The lowest BCUT2D eigenvalue weighted by molar-refractivity contribution is 0.563. The van der Waals surface area contributed by atoms with Crippen LogP contribution < -0.4 is 5.63 Å². The maximum Gasteiger partial charge on any atom is 0.346 e. The third-order valence-corrected chi connectivity index (χ3v) is 3.69. The Hall–Kier alpha value is -1.94. The molecule has 0 N–H and O–H groups in total. The summed E-state index contributed by atoms with van der Waals surface area (Å²) in [5.41, 5.74) is 1.90. The minimum Gasteiger partial charge on any atom is -0.422 e. The van der Waals surface area contributed by atoms with E-state index >= 15 is 0 Å². The number of benzene rings is 1. The van der Waals surface area contributed by atoms with Gasteiger partial charge in [0, 0.05) is 16.5 Å². The molecule has 1 aromatic carbocycles. The number of thiazole rings is 1. The Labute approximate surface area is 108 Å². The molecule has 0 bridgehead atoms. The highest BCUT2D eigenvalue weighted by Gasteiger charge is 2.10. The lowest BCUT2D eigenvalue weighted by Crippen LogP contribution is -2.02. The molecule has 2 heterocycles. The highest BCUT2D eigenvalue weighted by atomic mass is 32.1. The lowest BCUT2D eigenvalue weighted by Gasteiger charge is -2.00. The van der Waals surface area contributed by atoms with Crippen LogP contribution in [-0.4, -0.2) is 4.98 Å². The summed E-state index contributed by atoms with van der Waals surface area (Å²) in [5, 5.41) is 1.63. The lowest BCUT2D eigenvalue weighted by atomic mass is 10.1. The zero-order chi connectivity index (χ0) is 12.7. The van der Waals surface area contributed by atoms with Gasteiger partial charge in [0.25, 0.3) is 0 Å². The number of aromatic nitrogens is 1. The second-order valence-corrected chi connectivity index (χ2v) is 5.50. The van der Waals surface area contributed by atoms with Gasteiger partial charge in [-0.3, -0.25) is 0 Å². The van der Waals surface area contributed by atoms with Crippen molar-refractivity contribution in [2.45, 2.75) is 13.8 Å². The number of hydrogen-bond acceptors (Lipinski definition) is 4. The van der Waals surface area contributed by atoms with E-state index in [9.17, 15) is 4.79 Å². The fourth-order valence-electron chi connectivity index (χ4n) is 1.85. The van der Waals surface area contributed by atoms with Crippen molar-refractivity contribution in [3.63, 3.8) is 0 Å². The molecule has 0 fully saturated rings. The van der Waals surface area contributed by atoms with E-state index < -0.39 is 0 Å². The van der Waals surface area contributed by atoms with E-state index in [1.54, 1.807) is 6.20 Å². The molecular weight excluding hydrogens is 246 g/mol. The second kappa shape index (κ2) is 4.07. The summed E-state index contributed by atoms with van der Waals surface area (Å²) in [5.74, 6) is 0. The van der Waals surface area contributed by atoms with Crippen LogP contribution in [0.3, 0.4) is 0 Å². The minimum absolute atomic E-state index is 0.331. The molecule has 0 aliphatic rings. The monoisotopic (exact) mass is 257 g/mol. The van der Waals surface area contributed by atoms with Crippen LogP contribution in [0.5, 0.6) is 0 Å². The van der Waals surface area contributed by atoms with Crippen molar-refractivity contribution in [1.82, 2.24) is 4.98 Å².